The van der Waals surface area contributed by atoms with Gasteiger partial charge in [0.15, 0.2) is 0 Å². The normalized spacial score (nSPS) is 13.8. The fourth-order valence-electron chi connectivity index (χ4n) is 9.35. The lowest BCUT2D eigenvalue weighted by Gasteiger charge is -2.31. The molecular formula is C49H30. The first-order valence-electron chi connectivity index (χ1n) is 17.2. The molecule has 0 heterocycles. The van der Waals surface area contributed by atoms with E-state index in [1.165, 1.54) is 98.7 Å². The predicted octanol–water partition coefficient (Wildman–Crippen LogP) is 12.8. The van der Waals surface area contributed by atoms with Gasteiger partial charge in [-0.3, -0.25) is 0 Å². The second kappa shape index (κ2) is 9.89. The third-order valence-electron chi connectivity index (χ3n) is 11.2. The van der Waals surface area contributed by atoms with Crippen LogP contribution in [0.4, 0.5) is 0 Å². The molecule has 0 N–H and O–H groups in total. The monoisotopic (exact) mass is 618 g/mol. The standard InChI is InChI=1S/C49H30/c1-2-13-31(14-3-1)25-28-37-35-16-4-6-20-40(35)46(41-21-7-5-17-36(37)41)34-29-33-27-26-32-15-12-24-44-47(32)48(33)45(30-34)49(44)42-22-10-8-18-38(42)39-19-9-11-23-43(39)49/h1-30H. The van der Waals surface area contributed by atoms with Gasteiger partial charge in [0.2, 0.25) is 0 Å². The Morgan fingerprint density at radius 2 is 0.918 bits per heavy atom. The molecular weight excluding hydrogens is 589 g/mol. The molecule has 0 amide bonds. The predicted molar refractivity (Wildman–Crippen MR) is 208 cm³/mol. The van der Waals surface area contributed by atoms with Crippen molar-refractivity contribution >= 4 is 55.2 Å². The van der Waals surface area contributed by atoms with Crippen LogP contribution in [0.5, 0.6) is 0 Å². The van der Waals surface area contributed by atoms with Gasteiger partial charge >= 0.3 is 0 Å². The molecule has 0 bridgehead atoms. The van der Waals surface area contributed by atoms with Crippen molar-refractivity contribution in [3.63, 3.8) is 0 Å². The fourth-order valence-corrected chi connectivity index (χ4v) is 9.35. The Labute approximate surface area is 285 Å². The number of hydrogen-bond donors (Lipinski definition) is 0. The Morgan fingerprint density at radius 3 is 1.61 bits per heavy atom. The molecule has 0 radical (unpaired) electrons. The molecule has 9 aromatic carbocycles. The quantitative estimate of drug-likeness (QED) is 0.105. The highest BCUT2D eigenvalue weighted by Crippen LogP contribution is 2.63. The molecule has 2 aliphatic carbocycles. The second-order valence-electron chi connectivity index (χ2n) is 13.6. The first-order chi connectivity index (χ1) is 24.3. The summed E-state index contributed by atoms with van der Waals surface area (Å²) in [7, 11) is 0. The van der Waals surface area contributed by atoms with Crippen molar-refractivity contribution in [3.05, 3.63) is 203 Å². The van der Waals surface area contributed by atoms with Gasteiger partial charge in [-0.25, -0.2) is 0 Å². The van der Waals surface area contributed by atoms with Gasteiger partial charge in [0.25, 0.3) is 0 Å². The summed E-state index contributed by atoms with van der Waals surface area (Å²) in [4.78, 5) is 0. The van der Waals surface area contributed by atoms with Crippen LogP contribution in [0.15, 0.2) is 170 Å². The van der Waals surface area contributed by atoms with Crippen molar-refractivity contribution in [3.8, 4) is 22.3 Å². The van der Waals surface area contributed by atoms with E-state index in [0.717, 1.165) is 0 Å². The van der Waals surface area contributed by atoms with E-state index in [1.54, 1.807) is 0 Å². The summed E-state index contributed by atoms with van der Waals surface area (Å²) in [6.45, 7) is 0. The van der Waals surface area contributed by atoms with E-state index in [2.05, 4.69) is 182 Å². The van der Waals surface area contributed by atoms with E-state index in [-0.39, 0.29) is 5.41 Å². The minimum atomic E-state index is -0.380. The largest absolute Gasteiger partial charge is 0.0726 e. The zero-order valence-electron chi connectivity index (χ0n) is 26.8. The van der Waals surface area contributed by atoms with Crippen LogP contribution < -0.4 is 0 Å². The first kappa shape index (κ1) is 26.8. The Balaban J connectivity index is 1.27. The number of hydrogen-bond acceptors (Lipinski definition) is 0. The van der Waals surface area contributed by atoms with E-state index >= 15 is 0 Å². The molecule has 49 heavy (non-hydrogen) atoms. The minimum absolute atomic E-state index is 0.380. The van der Waals surface area contributed by atoms with E-state index in [0.29, 0.717) is 0 Å². The number of fused-ring (bicyclic) bond motifs is 9. The van der Waals surface area contributed by atoms with Crippen LogP contribution in [0.25, 0.3) is 77.5 Å². The van der Waals surface area contributed by atoms with Gasteiger partial charge in [0.1, 0.15) is 0 Å². The summed E-state index contributed by atoms with van der Waals surface area (Å²) in [5.74, 6) is 0. The SMILES string of the molecule is C(=Cc1c2ccccc2c(-c2cc3c4c(ccc5cccc(c54)C34c3ccccc3-c3ccccc34)c2)c2ccccc12)c1ccccc1. The molecule has 0 aliphatic heterocycles. The van der Waals surface area contributed by atoms with Crippen molar-refractivity contribution in [2.45, 2.75) is 5.41 Å². The second-order valence-corrected chi connectivity index (χ2v) is 13.6. The third-order valence-corrected chi connectivity index (χ3v) is 11.2. The molecule has 0 unspecified atom stereocenters. The molecule has 1 spiro atoms. The van der Waals surface area contributed by atoms with Gasteiger partial charge in [0, 0.05) is 0 Å². The van der Waals surface area contributed by atoms with E-state index in [9.17, 15) is 0 Å². The topological polar surface area (TPSA) is 0 Å². The van der Waals surface area contributed by atoms with Crippen LogP contribution >= 0.6 is 0 Å². The van der Waals surface area contributed by atoms with Crippen LogP contribution in [0.1, 0.15) is 33.4 Å². The summed E-state index contributed by atoms with van der Waals surface area (Å²) in [5, 5.41) is 10.5. The number of rotatable bonds is 3. The Hall–Kier alpha value is -6.24. The Bertz CT molecular complexity index is 2770. The fraction of sp³-hybridized carbons (Fsp3) is 0.0204. The highest BCUT2D eigenvalue weighted by atomic mass is 14.5. The third kappa shape index (κ3) is 3.48. The zero-order valence-corrected chi connectivity index (χ0v) is 26.8. The maximum Gasteiger partial charge on any atom is 0.0726 e. The molecule has 0 fully saturated rings. The summed E-state index contributed by atoms with van der Waals surface area (Å²) in [5.41, 5.74) is 12.9. The first-order valence-corrected chi connectivity index (χ1v) is 17.2. The highest BCUT2D eigenvalue weighted by Gasteiger charge is 2.50. The summed E-state index contributed by atoms with van der Waals surface area (Å²) >= 11 is 0. The van der Waals surface area contributed by atoms with Crippen LogP contribution in [-0.2, 0) is 5.41 Å². The zero-order chi connectivity index (χ0) is 32.1. The van der Waals surface area contributed by atoms with Gasteiger partial charge in [-0.05, 0) is 111 Å². The molecule has 0 aromatic heterocycles. The molecule has 2 aliphatic rings. The average molecular weight is 619 g/mol. The van der Waals surface area contributed by atoms with Crippen LogP contribution in [-0.4, -0.2) is 0 Å². The summed E-state index contributed by atoms with van der Waals surface area (Å²) in [6, 6.07) is 63.3. The van der Waals surface area contributed by atoms with E-state index in [4.69, 9.17) is 0 Å². The lowest BCUT2D eigenvalue weighted by molar-refractivity contribution is 0.797. The average Bonchev–Trinajstić information content (AvgIpc) is 3.64. The summed E-state index contributed by atoms with van der Waals surface area (Å²) in [6.07, 6.45) is 4.55. The van der Waals surface area contributed by atoms with Gasteiger partial charge in [-0.15, -0.1) is 0 Å². The van der Waals surface area contributed by atoms with E-state index in [1.807, 2.05) is 0 Å². The maximum atomic E-state index is 2.55. The smallest absolute Gasteiger partial charge is 0.0622 e. The van der Waals surface area contributed by atoms with Crippen LogP contribution in [0.3, 0.4) is 0 Å². The highest BCUT2D eigenvalue weighted by molar-refractivity contribution is 6.22. The summed E-state index contributed by atoms with van der Waals surface area (Å²) < 4.78 is 0. The van der Waals surface area contributed by atoms with Gasteiger partial charge < -0.3 is 0 Å². The van der Waals surface area contributed by atoms with Crippen LogP contribution in [0.2, 0.25) is 0 Å². The number of benzene rings is 9. The van der Waals surface area contributed by atoms with Crippen molar-refractivity contribution in [2.24, 2.45) is 0 Å². The van der Waals surface area contributed by atoms with Crippen LogP contribution in [0, 0.1) is 0 Å². The molecule has 9 aromatic rings. The Kier molecular flexibility index (Phi) is 5.41. The molecule has 0 saturated carbocycles. The lowest BCUT2D eigenvalue weighted by Crippen LogP contribution is -2.26. The minimum Gasteiger partial charge on any atom is -0.0622 e. The molecule has 0 nitrogen and oxygen atoms in total. The molecule has 0 heteroatoms. The van der Waals surface area contributed by atoms with Crippen molar-refractivity contribution in [1.29, 1.82) is 0 Å². The van der Waals surface area contributed by atoms with Gasteiger partial charge in [-0.2, -0.15) is 0 Å². The Morgan fingerprint density at radius 1 is 0.367 bits per heavy atom. The maximum absolute atomic E-state index is 2.55. The molecule has 226 valence electrons. The molecule has 0 atom stereocenters. The molecule has 0 saturated heterocycles. The van der Waals surface area contributed by atoms with Crippen molar-refractivity contribution < 1.29 is 0 Å². The van der Waals surface area contributed by atoms with Gasteiger partial charge in [-0.1, -0.05) is 170 Å². The van der Waals surface area contributed by atoms with Gasteiger partial charge in [0.05, 0.1) is 5.41 Å². The van der Waals surface area contributed by atoms with E-state index < -0.39 is 0 Å². The molecule has 11 rings (SSSR count). The van der Waals surface area contributed by atoms with Crippen molar-refractivity contribution in [1.82, 2.24) is 0 Å². The van der Waals surface area contributed by atoms with Crippen molar-refractivity contribution in [2.75, 3.05) is 0 Å². The lowest BCUT2D eigenvalue weighted by atomic mass is 9.69.